The molecule has 0 bridgehead atoms. The first-order valence-electron chi connectivity index (χ1n) is 5.34. The number of Topliss-reactive ketones (excluding diaryl/α,β-unsaturated/α-hetero) is 1. The Morgan fingerprint density at radius 3 is 2.22 bits per heavy atom. The summed E-state index contributed by atoms with van der Waals surface area (Å²) in [4.78, 5) is 33.6. The van der Waals surface area contributed by atoms with Crippen molar-refractivity contribution in [1.82, 2.24) is 5.32 Å². The summed E-state index contributed by atoms with van der Waals surface area (Å²) in [5.74, 6) is -1.64. The fourth-order valence-corrected chi connectivity index (χ4v) is 1.04. The highest BCUT2D eigenvalue weighted by Crippen LogP contribution is 2.07. The second-order valence-corrected chi connectivity index (χ2v) is 4.58. The number of esters is 1. The lowest BCUT2D eigenvalue weighted by molar-refractivity contribution is -0.142. The van der Waals surface area contributed by atoms with Gasteiger partial charge in [0.05, 0.1) is 13.5 Å². The molecule has 0 radical (unpaired) electrons. The molecule has 0 spiro atoms. The lowest BCUT2D eigenvalue weighted by atomic mass is 10.1. The first kappa shape index (κ1) is 16.3. The van der Waals surface area contributed by atoms with Crippen molar-refractivity contribution >= 4 is 17.8 Å². The number of carbonyl (C=O) groups is 3. The molecule has 0 aliphatic heterocycles. The van der Waals surface area contributed by atoms with Crippen LogP contribution in [0.3, 0.4) is 0 Å². The van der Waals surface area contributed by atoms with Crippen LogP contribution < -0.4 is 5.32 Å². The average molecular weight is 263 g/mol. The van der Waals surface area contributed by atoms with Crippen molar-refractivity contribution in [3.8, 4) is 0 Å². The lowest BCUT2D eigenvalue weighted by Gasteiger charge is -2.22. The number of rotatable bonds is 5. The van der Waals surface area contributed by atoms with Gasteiger partial charge in [0.2, 0.25) is 0 Å². The van der Waals surface area contributed by atoms with Crippen LogP contribution in [0, 0.1) is 0 Å². The van der Waals surface area contributed by atoms with E-state index in [-0.39, 0.29) is 0 Å². The van der Waals surface area contributed by atoms with Crippen LogP contribution in [0.15, 0.2) is 0 Å². The molecule has 1 N–H and O–H groups in total. The molecule has 0 aliphatic rings. The number of nitrogens with one attached hydrogen (secondary N) is 1. The molecule has 0 saturated carbocycles. The number of methoxy groups -OCH3 is 1. The Balaban J connectivity index is 4.55. The number of alkyl carbamates (subject to hydrolysis) is 1. The van der Waals surface area contributed by atoms with Crippen LogP contribution in [0.25, 0.3) is 0 Å². The van der Waals surface area contributed by atoms with Gasteiger partial charge in [-0.1, -0.05) is 0 Å². The summed E-state index contributed by atoms with van der Waals surface area (Å²) in [6, 6.07) is -1.28. The second-order valence-electron chi connectivity index (χ2n) is 4.58. The zero-order valence-electron chi connectivity index (χ0n) is 10.9. The maximum absolute atomic E-state index is 12.3. The van der Waals surface area contributed by atoms with Crippen molar-refractivity contribution in [2.45, 2.75) is 38.8 Å². The molecule has 7 heteroatoms. The Bertz CT molecular complexity index is 324. The molecule has 0 aromatic rings. The molecular formula is C11H18FNO5. The van der Waals surface area contributed by atoms with E-state index in [0.717, 1.165) is 7.11 Å². The summed E-state index contributed by atoms with van der Waals surface area (Å²) < 4.78 is 21.5. The minimum atomic E-state index is -1.28. The molecule has 0 unspecified atom stereocenters. The summed E-state index contributed by atoms with van der Waals surface area (Å²) in [6.07, 6.45) is -1.32. The predicted octanol–water partition coefficient (Wildman–Crippen LogP) is 0.981. The molecule has 0 rings (SSSR count). The molecule has 104 valence electrons. The summed E-state index contributed by atoms with van der Waals surface area (Å²) in [7, 11) is 1.13. The zero-order chi connectivity index (χ0) is 14.3. The van der Waals surface area contributed by atoms with E-state index in [1.807, 2.05) is 0 Å². The Kier molecular flexibility index (Phi) is 6.29. The van der Waals surface area contributed by atoms with Gasteiger partial charge in [0, 0.05) is 0 Å². The highest BCUT2D eigenvalue weighted by atomic mass is 19.1. The number of ketones is 1. The Hall–Kier alpha value is -1.66. The molecule has 0 heterocycles. The number of halogens is 1. The van der Waals surface area contributed by atoms with Gasteiger partial charge < -0.3 is 14.8 Å². The smallest absolute Gasteiger partial charge is 0.408 e. The van der Waals surface area contributed by atoms with E-state index in [9.17, 15) is 18.8 Å². The maximum atomic E-state index is 12.3. The van der Waals surface area contributed by atoms with E-state index in [2.05, 4.69) is 10.1 Å². The van der Waals surface area contributed by atoms with Crippen molar-refractivity contribution in [3.05, 3.63) is 0 Å². The molecule has 0 aromatic carbocycles. The van der Waals surface area contributed by atoms with E-state index < -0.39 is 42.6 Å². The molecular weight excluding hydrogens is 245 g/mol. The quantitative estimate of drug-likeness (QED) is 0.748. The molecule has 18 heavy (non-hydrogen) atoms. The molecule has 0 fully saturated rings. The SMILES string of the molecule is COC(=O)C[C@@H](NC(=O)OC(C)(C)C)C(=O)CF. The number of amides is 1. The standard InChI is InChI=1S/C11H18FNO5/c1-11(2,3)18-10(16)13-7(8(14)6-12)5-9(15)17-4/h7H,5-6H2,1-4H3,(H,13,16)/t7-/m1/s1. The van der Waals surface area contributed by atoms with Crippen LogP contribution in [-0.4, -0.2) is 43.3 Å². The van der Waals surface area contributed by atoms with Crippen LogP contribution in [0.2, 0.25) is 0 Å². The predicted molar refractivity (Wildman–Crippen MR) is 60.8 cm³/mol. The van der Waals surface area contributed by atoms with Crippen LogP contribution in [-0.2, 0) is 19.1 Å². The normalized spacial score (nSPS) is 12.5. The highest BCUT2D eigenvalue weighted by molar-refractivity contribution is 5.91. The van der Waals surface area contributed by atoms with Crippen LogP contribution in [0.1, 0.15) is 27.2 Å². The van der Waals surface area contributed by atoms with E-state index in [4.69, 9.17) is 4.74 Å². The fourth-order valence-electron chi connectivity index (χ4n) is 1.04. The molecule has 0 saturated heterocycles. The van der Waals surface area contributed by atoms with E-state index in [0.29, 0.717) is 0 Å². The summed E-state index contributed by atoms with van der Waals surface area (Å²) in [5.41, 5.74) is -0.751. The fraction of sp³-hybridized carbons (Fsp3) is 0.727. The van der Waals surface area contributed by atoms with Gasteiger partial charge in [-0.25, -0.2) is 9.18 Å². The molecule has 1 atom stereocenters. The third-order valence-corrected chi connectivity index (χ3v) is 1.81. The summed E-state index contributed by atoms with van der Waals surface area (Å²) in [6.45, 7) is 3.63. The van der Waals surface area contributed by atoms with E-state index >= 15 is 0 Å². The molecule has 0 aliphatic carbocycles. The van der Waals surface area contributed by atoms with Crippen molar-refractivity contribution in [2.75, 3.05) is 13.8 Å². The average Bonchev–Trinajstić information content (AvgIpc) is 2.24. The van der Waals surface area contributed by atoms with Crippen LogP contribution in [0.4, 0.5) is 9.18 Å². The van der Waals surface area contributed by atoms with Crippen LogP contribution in [0.5, 0.6) is 0 Å². The second kappa shape index (κ2) is 6.93. The Morgan fingerprint density at radius 1 is 1.28 bits per heavy atom. The third-order valence-electron chi connectivity index (χ3n) is 1.81. The van der Waals surface area contributed by atoms with Gasteiger partial charge >= 0.3 is 12.1 Å². The van der Waals surface area contributed by atoms with Gasteiger partial charge in [-0.2, -0.15) is 0 Å². The van der Waals surface area contributed by atoms with Crippen molar-refractivity contribution in [1.29, 1.82) is 0 Å². The van der Waals surface area contributed by atoms with Crippen molar-refractivity contribution in [2.24, 2.45) is 0 Å². The first-order valence-corrected chi connectivity index (χ1v) is 5.34. The van der Waals surface area contributed by atoms with Gasteiger partial charge in [-0.3, -0.25) is 9.59 Å². The topological polar surface area (TPSA) is 81.7 Å². The maximum Gasteiger partial charge on any atom is 0.408 e. The molecule has 0 aromatic heterocycles. The van der Waals surface area contributed by atoms with Gasteiger partial charge in [0.1, 0.15) is 18.3 Å². The van der Waals surface area contributed by atoms with E-state index in [1.165, 1.54) is 0 Å². The number of alkyl halides is 1. The molecule has 6 nitrogen and oxygen atoms in total. The number of carbonyl (C=O) groups excluding carboxylic acids is 3. The monoisotopic (exact) mass is 263 g/mol. The minimum Gasteiger partial charge on any atom is -0.469 e. The summed E-state index contributed by atoms with van der Waals surface area (Å²) in [5, 5.41) is 2.14. The summed E-state index contributed by atoms with van der Waals surface area (Å²) >= 11 is 0. The van der Waals surface area contributed by atoms with Gasteiger partial charge in [-0.15, -0.1) is 0 Å². The Labute approximate surface area is 105 Å². The largest absolute Gasteiger partial charge is 0.469 e. The molecule has 1 amide bonds. The highest BCUT2D eigenvalue weighted by Gasteiger charge is 2.26. The number of ether oxygens (including phenoxy) is 2. The van der Waals surface area contributed by atoms with Gasteiger partial charge in [0.15, 0.2) is 5.78 Å². The minimum absolute atomic E-state index is 0.432. The Morgan fingerprint density at radius 2 is 1.83 bits per heavy atom. The zero-order valence-corrected chi connectivity index (χ0v) is 10.9. The van der Waals surface area contributed by atoms with Crippen LogP contribution >= 0.6 is 0 Å². The third kappa shape index (κ3) is 6.82. The van der Waals surface area contributed by atoms with Gasteiger partial charge in [0.25, 0.3) is 0 Å². The number of hydrogen-bond acceptors (Lipinski definition) is 5. The number of hydrogen-bond donors (Lipinski definition) is 1. The lowest BCUT2D eigenvalue weighted by Crippen LogP contribution is -2.45. The van der Waals surface area contributed by atoms with E-state index in [1.54, 1.807) is 20.8 Å². The van der Waals surface area contributed by atoms with Crippen molar-refractivity contribution < 1.29 is 28.2 Å². The van der Waals surface area contributed by atoms with Crippen molar-refractivity contribution in [3.63, 3.8) is 0 Å². The van der Waals surface area contributed by atoms with Gasteiger partial charge in [-0.05, 0) is 20.8 Å². The first-order chi connectivity index (χ1) is 8.19.